The maximum absolute atomic E-state index is 14.0. The van der Waals surface area contributed by atoms with Gasteiger partial charge in [0.05, 0.1) is 6.85 Å². The third-order valence-electron chi connectivity index (χ3n) is 2.75. The van der Waals surface area contributed by atoms with E-state index in [1.165, 1.54) is 0 Å². The summed E-state index contributed by atoms with van der Waals surface area (Å²) in [5.41, 5.74) is 3.05. The van der Waals surface area contributed by atoms with Crippen LogP contribution in [0, 0.1) is 5.82 Å². The molecule has 0 unspecified atom stereocenters. The molecule has 0 saturated carbocycles. The van der Waals surface area contributed by atoms with Crippen LogP contribution in [-0.2, 0) is 16.1 Å². The number of carbonyl (C=O) groups is 3. The lowest BCUT2D eigenvalue weighted by Crippen LogP contribution is -2.52. The summed E-state index contributed by atoms with van der Waals surface area (Å²) >= 11 is 0. The number of benzene rings is 1. The molecule has 7 heteroatoms. The number of hydrogen-bond donors (Lipinski definition) is 2. The van der Waals surface area contributed by atoms with Crippen LogP contribution in [0.5, 0.6) is 0 Å². The Kier molecular flexibility index (Phi) is 1.47. The smallest absolute Gasteiger partial charge is 0.255 e. The zero-order valence-corrected chi connectivity index (χ0v) is 9.83. The van der Waals surface area contributed by atoms with Gasteiger partial charge in [-0.15, -0.1) is 0 Å². The lowest BCUT2D eigenvalue weighted by Gasteiger charge is -2.29. The van der Waals surface area contributed by atoms with Gasteiger partial charge < -0.3 is 10.6 Å². The molecule has 0 radical (unpaired) electrons. The maximum Gasteiger partial charge on any atom is 0.255 e. The molecule has 0 aromatic heterocycles. The molecule has 0 aliphatic carbocycles. The molecular weight excluding hydrogens is 265 g/mol. The van der Waals surface area contributed by atoms with E-state index < -0.39 is 77.7 Å². The van der Waals surface area contributed by atoms with Crippen LogP contribution in [-0.4, -0.2) is 28.6 Å². The third-order valence-corrected chi connectivity index (χ3v) is 2.75. The molecule has 20 heavy (non-hydrogen) atoms. The second-order valence-electron chi connectivity index (χ2n) is 4.06. The highest BCUT2D eigenvalue weighted by atomic mass is 19.1. The predicted octanol–water partition coefficient (Wildman–Crippen LogP) is 0.169. The third kappa shape index (κ3) is 1.82. The number of anilines is 1. The van der Waals surface area contributed by atoms with Gasteiger partial charge in [-0.25, -0.2) is 4.39 Å². The van der Waals surface area contributed by atoms with Gasteiger partial charge in [-0.1, -0.05) is 0 Å². The molecule has 1 atom stereocenters. The lowest BCUT2D eigenvalue weighted by atomic mass is 10.0. The minimum atomic E-state index is -3.25. The molecule has 104 valence electrons. The number of imide groups is 1. The van der Waals surface area contributed by atoms with Gasteiger partial charge >= 0.3 is 0 Å². The standard InChI is InChI=1S/C13H12FN3O3/c14-6-3-7-8(9(15)4-6)5-17(13(7)20)10-1-2-11(18)16-12(10)19/h3-4,10H,1-2,5,15H2,(H,16,18,19)/t10-/m0/s1/i1D2,3D,4D,5D2,10D. The van der Waals surface area contributed by atoms with Crippen LogP contribution in [0.15, 0.2) is 12.1 Å². The van der Waals surface area contributed by atoms with Gasteiger partial charge in [0.1, 0.15) is 11.8 Å². The first-order valence-electron chi connectivity index (χ1n) is 8.97. The monoisotopic (exact) mass is 284 g/mol. The minimum Gasteiger partial charge on any atom is -0.398 e. The average Bonchev–Trinajstić information content (AvgIpc) is 2.74. The molecule has 1 aromatic carbocycles. The van der Waals surface area contributed by atoms with E-state index >= 15 is 0 Å². The first kappa shape index (κ1) is 6.83. The Balaban J connectivity index is 2.32. The molecule has 2 aliphatic rings. The lowest BCUT2D eigenvalue weighted by molar-refractivity contribution is -0.136. The molecular formula is C13H12FN3O3. The van der Waals surface area contributed by atoms with Crippen LogP contribution in [0.4, 0.5) is 10.1 Å². The van der Waals surface area contributed by atoms with E-state index in [4.69, 9.17) is 15.3 Å². The van der Waals surface area contributed by atoms with Gasteiger partial charge in [-0.2, -0.15) is 0 Å². The van der Waals surface area contributed by atoms with Gasteiger partial charge in [0.15, 0.2) is 0 Å². The van der Waals surface area contributed by atoms with Crippen LogP contribution in [0.1, 0.15) is 38.3 Å². The summed E-state index contributed by atoms with van der Waals surface area (Å²) in [6, 6.07) is -5.45. The minimum absolute atomic E-state index is 0.0975. The van der Waals surface area contributed by atoms with E-state index in [1.807, 2.05) is 0 Å². The van der Waals surface area contributed by atoms with Gasteiger partial charge in [0, 0.05) is 32.5 Å². The number of nitrogens with one attached hydrogen (secondary N) is 1. The number of carbonyl (C=O) groups excluding carboxylic acids is 3. The van der Waals surface area contributed by atoms with Crippen molar-refractivity contribution in [1.82, 2.24) is 10.2 Å². The molecule has 3 rings (SSSR count). The van der Waals surface area contributed by atoms with Crippen molar-refractivity contribution >= 4 is 23.4 Å². The van der Waals surface area contributed by atoms with Crippen molar-refractivity contribution in [3.05, 3.63) is 29.0 Å². The predicted molar refractivity (Wildman–Crippen MR) is 66.9 cm³/mol. The highest BCUT2D eigenvalue weighted by Crippen LogP contribution is 2.31. The van der Waals surface area contributed by atoms with Gasteiger partial charge in [-0.3, -0.25) is 19.7 Å². The number of nitrogens with two attached hydrogens (primary N) is 1. The van der Waals surface area contributed by atoms with Crippen molar-refractivity contribution in [3.63, 3.8) is 0 Å². The highest BCUT2D eigenvalue weighted by Gasteiger charge is 2.39. The van der Waals surface area contributed by atoms with Crippen molar-refractivity contribution in [2.45, 2.75) is 25.3 Å². The Morgan fingerprint density at radius 3 is 2.95 bits per heavy atom. The number of piperidine rings is 1. The molecule has 0 spiro atoms. The van der Waals surface area contributed by atoms with E-state index in [0.717, 1.165) is 0 Å². The number of hydrogen-bond acceptors (Lipinski definition) is 4. The second-order valence-corrected chi connectivity index (χ2v) is 4.06. The summed E-state index contributed by atoms with van der Waals surface area (Å²) in [6.07, 6.45) is -4.02. The van der Waals surface area contributed by atoms with Crippen LogP contribution < -0.4 is 11.1 Å². The van der Waals surface area contributed by atoms with Gasteiger partial charge in [-0.05, 0) is 18.5 Å². The first-order chi connectivity index (χ1) is 12.2. The number of halogens is 1. The average molecular weight is 284 g/mol. The fourth-order valence-electron chi connectivity index (χ4n) is 1.88. The topological polar surface area (TPSA) is 92.5 Å². The summed E-state index contributed by atoms with van der Waals surface area (Å²) in [5, 5.41) is 1.68. The SMILES string of the molecule is [2H]c1c(N)c2c(c([2H])c1F)C(=O)N([C@]1([2H])C(=O)NC(=O)CC1([2H])[2H])C2([2H])[2H]. The van der Waals surface area contributed by atoms with Gasteiger partial charge in [0.25, 0.3) is 5.91 Å². The van der Waals surface area contributed by atoms with Crippen LogP contribution >= 0.6 is 0 Å². The number of fused-ring (bicyclic) bond motifs is 1. The number of rotatable bonds is 1. The van der Waals surface area contributed by atoms with E-state index in [2.05, 4.69) is 0 Å². The number of amides is 3. The highest BCUT2D eigenvalue weighted by molar-refractivity contribution is 6.06. The van der Waals surface area contributed by atoms with Crippen LogP contribution in [0.2, 0.25) is 0 Å². The van der Waals surface area contributed by atoms with Crippen molar-refractivity contribution in [2.24, 2.45) is 0 Å². The van der Waals surface area contributed by atoms with Crippen molar-refractivity contribution < 1.29 is 28.4 Å². The fourth-order valence-corrected chi connectivity index (χ4v) is 1.88. The van der Waals surface area contributed by atoms with Crippen molar-refractivity contribution in [2.75, 3.05) is 5.73 Å². The Morgan fingerprint density at radius 1 is 1.50 bits per heavy atom. The normalized spacial score (nSPS) is 35.8. The Labute approximate surface area is 123 Å². The summed E-state index contributed by atoms with van der Waals surface area (Å²) < 4.78 is 69.8. The van der Waals surface area contributed by atoms with Crippen LogP contribution in [0.3, 0.4) is 0 Å². The Morgan fingerprint density at radius 2 is 2.25 bits per heavy atom. The van der Waals surface area contributed by atoms with E-state index in [9.17, 15) is 18.8 Å². The van der Waals surface area contributed by atoms with Crippen molar-refractivity contribution in [3.8, 4) is 0 Å². The largest absolute Gasteiger partial charge is 0.398 e. The molecule has 2 heterocycles. The van der Waals surface area contributed by atoms with E-state index in [-0.39, 0.29) is 4.90 Å². The zero-order chi connectivity index (χ0) is 20.7. The molecule has 3 N–H and O–H groups in total. The summed E-state index contributed by atoms with van der Waals surface area (Å²) in [4.78, 5) is 36.5. The van der Waals surface area contributed by atoms with E-state index in [1.54, 1.807) is 5.32 Å². The van der Waals surface area contributed by atoms with E-state index in [0.29, 0.717) is 0 Å². The van der Waals surface area contributed by atoms with Gasteiger partial charge in [0.2, 0.25) is 11.8 Å². The summed E-state index contributed by atoms with van der Waals surface area (Å²) in [5.74, 6) is -5.67. The maximum atomic E-state index is 14.0. The molecule has 3 amide bonds. The molecule has 1 saturated heterocycles. The molecule has 1 aromatic rings. The first-order valence-corrected chi connectivity index (χ1v) is 5.47. The molecule has 1 fully saturated rings. The summed E-state index contributed by atoms with van der Waals surface area (Å²) in [7, 11) is 0. The molecule has 0 bridgehead atoms. The molecule has 6 nitrogen and oxygen atoms in total. The van der Waals surface area contributed by atoms with Crippen LogP contribution in [0.25, 0.3) is 0 Å². The number of nitrogen functional groups attached to an aromatic ring is 1. The Hall–Kier alpha value is -2.44. The van der Waals surface area contributed by atoms with Crippen molar-refractivity contribution in [1.29, 1.82) is 0 Å². The summed E-state index contributed by atoms with van der Waals surface area (Å²) in [6.45, 7) is -3.12. The fraction of sp³-hybridized carbons (Fsp3) is 0.308. The zero-order valence-electron chi connectivity index (χ0n) is 16.8. The molecule has 2 aliphatic heterocycles. The number of nitrogens with zero attached hydrogens (tertiary/aromatic N) is 1. The Bertz CT molecular complexity index is 938. The quantitative estimate of drug-likeness (QED) is 0.568. The second kappa shape index (κ2) is 4.29.